The van der Waals surface area contributed by atoms with E-state index in [2.05, 4.69) is 4.98 Å². The zero-order chi connectivity index (χ0) is 10.1. The van der Waals surface area contributed by atoms with Crippen molar-refractivity contribution in [3.05, 3.63) is 29.7 Å². The summed E-state index contributed by atoms with van der Waals surface area (Å²) in [6.45, 7) is 3.85. The van der Waals surface area contributed by atoms with Crippen LogP contribution in [0.15, 0.2) is 22.6 Å². The fraction of sp³-hybridized carbons (Fsp3) is 0.364. The Morgan fingerprint density at radius 2 is 2.29 bits per heavy atom. The molecule has 2 rings (SSSR count). The topological polar surface area (TPSA) is 52.0 Å². The monoisotopic (exact) mass is 190 g/mol. The summed E-state index contributed by atoms with van der Waals surface area (Å²) >= 11 is 0. The minimum atomic E-state index is 0.181. The van der Waals surface area contributed by atoms with Gasteiger partial charge in [0.2, 0.25) is 0 Å². The second kappa shape index (κ2) is 3.42. The molecule has 0 aliphatic rings. The summed E-state index contributed by atoms with van der Waals surface area (Å²) in [6, 6.07) is 6.21. The van der Waals surface area contributed by atoms with Crippen LogP contribution in [0, 0.1) is 6.92 Å². The predicted octanol–water partition coefficient (Wildman–Crippen LogP) is 2.03. The molecule has 3 heteroatoms. The molecule has 0 fully saturated rings. The Hall–Kier alpha value is -1.35. The minimum absolute atomic E-state index is 0.181. The fourth-order valence-electron chi connectivity index (χ4n) is 1.59. The average molecular weight is 190 g/mol. The van der Waals surface area contributed by atoms with Crippen LogP contribution in [0.5, 0.6) is 0 Å². The second-order valence-electron chi connectivity index (χ2n) is 3.72. The molecule has 0 aliphatic carbocycles. The van der Waals surface area contributed by atoms with E-state index in [1.54, 1.807) is 0 Å². The molecule has 0 bridgehead atoms. The van der Waals surface area contributed by atoms with Crippen molar-refractivity contribution in [2.24, 2.45) is 5.73 Å². The van der Waals surface area contributed by atoms with Crippen molar-refractivity contribution in [3.63, 3.8) is 0 Å². The molecule has 2 aromatic rings. The third kappa shape index (κ3) is 1.77. The first kappa shape index (κ1) is 9.21. The van der Waals surface area contributed by atoms with Crippen molar-refractivity contribution >= 4 is 11.1 Å². The number of hydrogen-bond donors (Lipinski definition) is 1. The van der Waals surface area contributed by atoms with Crippen LogP contribution >= 0.6 is 0 Å². The lowest BCUT2D eigenvalue weighted by atomic mass is 10.1. The highest BCUT2D eigenvalue weighted by Gasteiger charge is 2.04. The predicted molar refractivity (Wildman–Crippen MR) is 56.1 cm³/mol. The molecule has 3 nitrogen and oxygen atoms in total. The minimum Gasteiger partial charge on any atom is -0.441 e. The van der Waals surface area contributed by atoms with Gasteiger partial charge in [-0.1, -0.05) is 6.07 Å². The molecule has 0 aliphatic heterocycles. The highest BCUT2D eigenvalue weighted by atomic mass is 16.3. The first-order chi connectivity index (χ1) is 6.65. The maximum Gasteiger partial charge on any atom is 0.192 e. The van der Waals surface area contributed by atoms with Crippen LogP contribution in [0.1, 0.15) is 18.4 Å². The van der Waals surface area contributed by atoms with Crippen molar-refractivity contribution in [3.8, 4) is 0 Å². The Morgan fingerprint density at radius 1 is 1.50 bits per heavy atom. The van der Waals surface area contributed by atoms with E-state index in [0.717, 1.165) is 17.5 Å². The Bertz CT molecular complexity index is 445. The number of nitrogens with two attached hydrogens (primary N) is 1. The van der Waals surface area contributed by atoms with Crippen molar-refractivity contribution in [1.82, 2.24) is 4.98 Å². The number of hydrogen-bond acceptors (Lipinski definition) is 3. The van der Waals surface area contributed by atoms with Gasteiger partial charge in [0, 0.05) is 13.0 Å². The van der Waals surface area contributed by atoms with Crippen LogP contribution in [0.25, 0.3) is 11.1 Å². The Morgan fingerprint density at radius 3 is 3.00 bits per heavy atom. The van der Waals surface area contributed by atoms with Crippen molar-refractivity contribution in [2.45, 2.75) is 26.3 Å². The molecule has 1 aromatic heterocycles. The van der Waals surface area contributed by atoms with Gasteiger partial charge >= 0.3 is 0 Å². The summed E-state index contributed by atoms with van der Waals surface area (Å²) in [5.41, 5.74) is 8.70. The highest BCUT2D eigenvalue weighted by molar-refractivity contribution is 5.73. The summed E-state index contributed by atoms with van der Waals surface area (Å²) < 4.78 is 5.39. The number of nitrogens with zero attached hydrogens (tertiary/aromatic N) is 1. The lowest BCUT2D eigenvalue weighted by Gasteiger charge is -2.03. The molecule has 0 radical (unpaired) electrons. The van der Waals surface area contributed by atoms with E-state index in [4.69, 9.17) is 10.2 Å². The van der Waals surface area contributed by atoms with Gasteiger partial charge in [-0.15, -0.1) is 0 Å². The summed E-state index contributed by atoms with van der Waals surface area (Å²) in [7, 11) is 0. The SMILES string of the molecule is Cc1nc2cc(CC(C)N)ccc2o1. The van der Waals surface area contributed by atoms with Gasteiger partial charge < -0.3 is 10.2 Å². The number of benzene rings is 1. The largest absolute Gasteiger partial charge is 0.441 e. The average Bonchev–Trinajstić information content (AvgIpc) is 2.42. The molecule has 74 valence electrons. The van der Waals surface area contributed by atoms with E-state index in [1.165, 1.54) is 5.56 Å². The summed E-state index contributed by atoms with van der Waals surface area (Å²) in [5, 5.41) is 0. The van der Waals surface area contributed by atoms with Crippen molar-refractivity contribution in [1.29, 1.82) is 0 Å². The highest BCUT2D eigenvalue weighted by Crippen LogP contribution is 2.17. The van der Waals surface area contributed by atoms with Gasteiger partial charge in [0.05, 0.1) is 0 Å². The van der Waals surface area contributed by atoms with Crippen LogP contribution in [-0.4, -0.2) is 11.0 Å². The Kier molecular flexibility index (Phi) is 2.25. The van der Waals surface area contributed by atoms with E-state index < -0.39 is 0 Å². The standard InChI is InChI=1S/C11H14N2O/c1-7(12)5-9-3-4-11-10(6-9)13-8(2)14-11/h3-4,6-7H,5,12H2,1-2H3. The summed E-state index contributed by atoms with van der Waals surface area (Å²) in [4.78, 5) is 4.27. The van der Waals surface area contributed by atoms with Gasteiger partial charge in [-0.05, 0) is 31.0 Å². The normalized spacial score (nSPS) is 13.4. The molecule has 0 saturated carbocycles. The second-order valence-corrected chi connectivity index (χ2v) is 3.72. The molecule has 2 N–H and O–H groups in total. The summed E-state index contributed by atoms with van der Waals surface area (Å²) in [6.07, 6.45) is 0.877. The number of aryl methyl sites for hydroxylation is 1. The van der Waals surface area contributed by atoms with Gasteiger partial charge in [-0.25, -0.2) is 4.98 Å². The molecule has 0 amide bonds. The zero-order valence-corrected chi connectivity index (χ0v) is 8.45. The third-order valence-electron chi connectivity index (χ3n) is 2.12. The van der Waals surface area contributed by atoms with E-state index in [9.17, 15) is 0 Å². The number of rotatable bonds is 2. The van der Waals surface area contributed by atoms with Crippen molar-refractivity contribution < 1.29 is 4.42 Å². The van der Waals surface area contributed by atoms with Crippen LogP contribution in [-0.2, 0) is 6.42 Å². The fourth-order valence-corrected chi connectivity index (χ4v) is 1.59. The van der Waals surface area contributed by atoms with Crippen LogP contribution in [0.3, 0.4) is 0 Å². The molecule has 1 heterocycles. The smallest absolute Gasteiger partial charge is 0.192 e. The first-order valence-corrected chi connectivity index (χ1v) is 4.77. The number of aromatic nitrogens is 1. The van der Waals surface area contributed by atoms with Gasteiger partial charge in [-0.3, -0.25) is 0 Å². The quantitative estimate of drug-likeness (QED) is 0.788. The molecular formula is C11H14N2O. The van der Waals surface area contributed by atoms with Gasteiger partial charge in [-0.2, -0.15) is 0 Å². The maximum atomic E-state index is 5.73. The van der Waals surface area contributed by atoms with Crippen LogP contribution in [0.2, 0.25) is 0 Å². The van der Waals surface area contributed by atoms with Crippen LogP contribution in [0.4, 0.5) is 0 Å². The molecule has 14 heavy (non-hydrogen) atoms. The van der Waals surface area contributed by atoms with Crippen LogP contribution < -0.4 is 5.73 Å². The number of oxazole rings is 1. The molecule has 1 unspecified atom stereocenters. The molecular weight excluding hydrogens is 176 g/mol. The third-order valence-corrected chi connectivity index (χ3v) is 2.12. The lowest BCUT2D eigenvalue weighted by molar-refractivity contribution is 0.561. The molecule has 0 saturated heterocycles. The van der Waals surface area contributed by atoms with Gasteiger partial charge in [0.25, 0.3) is 0 Å². The first-order valence-electron chi connectivity index (χ1n) is 4.77. The Labute approximate surface area is 82.9 Å². The van der Waals surface area contributed by atoms with Gasteiger partial charge in [0.1, 0.15) is 5.52 Å². The molecule has 1 aromatic carbocycles. The van der Waals surface area contributed by atoms with Gasteiger partial charge in [0.15, 0.2) is 11.5 Å². The van der Waals surface area contributed by atoms with E-state index in [-0.39, 0.29) is 6.04 Å². The van der Waals surface area contributed by atoms with Crippen molar-refractivity contribution in [2.75, 3.05) is 0 Å². The molecule has 0 spiro atoms. The van der Waals surface area contributed by atoms with E-state index in [0.29, 0.717) is 5.89 Å². The zero-order valence-electron chi connectivity index (χ0n) is 8.45. The lowest BCUT2D eigenvalue weighted by Crippen LogP contribution is -2.17. The Balaban J connectivity index is 2.40. The van der Waals surface area contributed by atoms with E-state index >= 15 is 0 Å². The number of fused-ring (bicyclic) bond motifs is 1. The van der Waals surface area contributed by atoms with E-state index in [1.807, 2.05) is 32.0 Å². The summed E-state index contributed by atoms with van der Waals surface area (Å²) in [5.74, 6) is 0.706. The molecule has 1 atom stereocenters. The maximum absolute atomic E-state index is 5.73.